The van der Waals surface area contributed by atoms with Crippen molar-refractivity contribution in [2.45, 2.75) is 19.4 Å². The number of nitrogens with zero attached hydrogens (tertiary/aromatic N) is 2. The zero-order valence-corrected chi connectivity index (χ0v) is 21.0. The number of thioether (sulfide) groups is 1. The van der Waals surface area contributed by atoms with E-state index in [-0.39, 0.29) is 16.5 Å². The van der Waals surface area contributed by atoms with E-state index in [1.165, 1.54) is 0 Å². The Morgan fingerprint density at radius 3 is 2.63 bits per heavy atom. The second-order valence-electron chi connectivity index (χ2n) is 7.81. The van der Waals surface area contributed by atoms with Crippen LogP contribution in [0.3, 0.4) is 0 Å². The van der Waals surface area contributed by atoms with E-state index in [0.717, 1.165) is 22.2 Å². The second kappa shape index (κ2) is 10.7. The molecule has 35 heavy (non-hydrogen) atoms. The lowest BCUT2D eigenvalue weighted by Crippen LogP contribution is -2.34. The van der Waals surface area contributed by atoms with Gasteiger partial charge in [0, 0.05) is 6.54 Å². The molecule has 2 saturated heterocycles. The Labute approximate surface area is 216 Å². The maximum atomic E-state index is 12.5. The molecular formula is C24H21ClN2O6S2. The van der Waals surface area contributed by atoms with Crippen molar-refractivity contribution in [3.63, 3.8) is 0 Å². The lowest BCUT2D eigenvalue weighted by molar-refractivity contribution is -0.140. The summed E-state index contributed by atoms with van der Waals surface area (Å²) >= 11 is 12.6. The van der Waals surface area contributed by atoms with E-state index < -0.39 is 18.4 Å². The SMILES string of the molecule is CCN1C(=O)OCC1Cc1ccc(Oc2ccc(C=C3SC(=S)N(CC(=O)O)C3=O)c(Cl)c2)cc1. The lowest BCUT2D eigenvalue weighted by Gasteiger charge is -2.19. The first-order valence-corrected chi connectivity index (χ1v) is 12.3. The predicted octanol–water partition coefficient (Wildman–Crippen LogP) is 4.80. The fraction of sp³-hybridized carbons (Fsp3) is 0.250. The van der Waals surface area contributed by atoms with Gasteiger partial charge in [0.2, 0.25) is 0 Å². The number of hydrogen-bond acceptors (Lipinski definition) is 7. The van der Waals surface area contributed by atoms with E-state index in [9.17, 15) is 14.4 Å². The zero-order chi connectivity index (χ0) is 25.1. The van der Waals surface area contributed by atoms with Crippen LogP contribution in [0.25, 0.3) is 6.08 Å². The van der Waals surface area contributed by atoms with E-state index in [4.69, 9.17) is 38.4 Å². The van der Waals surface area contributed by atoms with Gasteiger partial charge < -0.3 is 19.5 Å². The molecule has 0 spiro atoms. The zero-order valence-electron chi connectivity index (χ0n) is 18.6. The normalized spacial score (nSPS) is 19.0. The molecule has 2 aromatic carbocycles. The molecule has 0 radical (unpaired) electrons. The van der Waals surface area contributed by atoms with Crippen LogP contribution in [0, 0.1) is 0 Å². The van der Waals surface area contributed by atoms with Crippen LogP contribution < -0.4 is 4.74 Å². The van der Waals surface area contributed by atoms with Crippen molar-refractivity contribution in [3.8, 4) is 11.5 Å². The average molecular weight is 533 g/mol. The molecule has 2 fully saturated rings. The fourth-order valence-electron chi connectivity index (χ4n) is 3.75. The van der Waals surface area contributed by atoms with Crippen molar-refractivity contribution in [1.29, 1.82) is 0 Å². The maximum Gasteiger partial charge on any atom is 0.410 e. The molecule has 1 atom stereocenters. The summed E-state index contributed by atoms with van der Waals surface area (Å²) in [5.74, 6) is -0.460. The van der Waals surface area contributed by atoms with Crippen molar-refractivity contribution in [2.75, 3.05) is 19.7 Å². The molecular weight excluding hydrogens is 512 g/mol. The van der Waals surface area contributed by atoms with Gasteiger partial charge in [-0.1, -0.05) is 47.7 Å². The van der Waals surface area contributed by atoms with E-state index in [1.54, 1.807) is 29.2 Å². The Hall–Kier alpha value is -3.08. The summed E-state index contributed by atoms with van der Waals surface area (Å²) in [6.07, 6.45) is 2.00. The highest BCUT2D eigenvalue weighted by atomic mass is 35.5. The Kier molecular flexibility index (Phi) is 7.63. The fourth-order valence-corrected chi connectivity index (χ4v) is 5.22. The first kappa shape index (κ1) is 25.0. The highest BCUT2D eigenvalue weighted by Crippen LogP contribution is 2.35. The predicted molar refractivity (Wildman–Crippen MR) is 137 cm³/mol. The van der Waals surface area contributed by atoms with Crippen LogP contribution in [0.2, 0.25) is 5.02 Å². The first-order chi connectivity index (χ1) is 16.7. The van der Waals surface area contributed by atoms with E-state index in [2.05, 4.69) is 0 Å². The summed E-state index contributed by atoms with van der Waals surface area (Å²) in [4.78, 5) is 38.2. The number of likely N-dealkylation sites (N-methyl/N-ethyl adjacent to an activating group) is 1. The number of benzene rings is 2. The molecule has 2 aromatic rings. The molecule has 8 nitrogen and oxygen atoms in total. The van der Waals surface area contributed by atoms with Gasteiger partial charge in [0.1, 0.15) is 29.0 Å². The molecule has 11 heteroatoms. The topological polar surface area (TPSA) is 96.4 Å². The standard InChI is InChI=1S/C24H21ClN2O6S2/c1-2-26-16(13-32-23(26)31)9-14-3-6-17(7-4-14)33-18-8-5-15(19(25)11-18)10-20-22(30)27(12-21(28)29)24(34)35-20/h3-8,10-11,16H,2,9,12-13H2,1H3,(H,28,29). The summed E-state index contributed by atoms with van der Waals surface area (Å²) in [6.45, 7) is 2.44. The van der Waals surface area contributed by atoms with Crippen molar-refractivity contribution in [2.24, 2.45) is 0 Å². The van der Waals surface area contributed by atoms with Crippen LogP contribution >= 0.6 is 35.6 Å². The van der Waals surface area contributed by atoms with Crippen LogP contribution in [-0.2, 0) is 20.7 Å². The monoisotopic (exact) mass is 532 g/mol. The van der Waals surface area contributed by atoms with Crippen LogP contribution in [0.15, 0.2) is 47.4 Å². The molecule has 2 amide bonds. The van der Waals surface area contributed by atoms with Crippen molar-refractivity contribution < 1.29 is 29.0 Å². The quantitative estimate of drug-likeness (QED) is 0.382. The van der Waals surface area contributed by atoms with Gasteiger partial charge in [0.15, 0.2) is 0 Å². The highest BCUT2D eigenvalue weighted by molar-refractivity contribution is 8.26. The number of cyclic esters (lactones) is 1. The summed E-state index contributed by atoms with van der Waals surface area (Å²) in [6, 6.07) is 12.7. The number of hydrogen-bond donors (Lipinski definition) is 1. The molecule has 1 unspecified atom stereocenters. The number of halogens is 1. The Bertz CT molecular complexity index is 1220. The Balaban J connectivity index is 1.41. The van der Waals surface area contributed by atoms with Gasteiger partial charge in [-0.05, 0) is 60.9 Å². The number of carboxylic acids is 1. The Morgan fingerprint density at radius 2 is 1.97 bits per heavy atom. The molecule has 4 rings (SSSR count). The van der Waals surface area contributed by atoms with Gasteiger partial charge >= 0.3 is 12.1 Å². The lowest BCUT2D eigenvalue weighted by atomic mass is 10.1. The molecule has 1 N–H and O–H groups in total. The molecule has 0 saturated carbocycles. The van der Waals surface area contributed by atoms with Gasteiger partial charge in [0.05, 0.1) is 16.0 Å². The number of rotatable bonds is 8. The molecule has 182 valence electrons. The van der Waals surface area contributed by atoms with Crippen LogP contribution in [0.4, 0.5) is 4.79 Å². The molecule has 2 aliphatic heterocycles. The van der Waals surface area contributed by atoms with Crippen molar-refractivity contribution in [1.82, 2.24) is 9.80 Å². The minimum atomic E-state index is -1.14. The number of carbonyl (C=O) groups is 3. The summed E-state index contributed by atoms with van der Waals surface area (Å²) in [5, 5.41) is 9.32. The minimum Gasteiger partial charge on any atom is -0.480 e. The van der Waals surface area contributed by atoms with Gasteiger partial charge in [0.25, 0.3) is 5.91 Å². The highest BCUT2D eigenvalue weighted by Gasteiger charge is 2.33. The molecule has 2 heterocycles. The number of amides is 2. The van der Waals surface area contributed by atoms with E-state index in [0.29, 0.717) is 46.6 Å². The van der Waals surface area contributed by atoms with E-state index >= 15 is 0 Å². The van der Waals surface area contributed by atoms with Gasteiger partial charge in [-0.25, -0.2) is 4.79 Å². The molecule has 0 aliphatic carbocycles. The Morgan fingerprint density at radius 1 is 1.26 bits per heavy atom. The summed E-state index contributed by atoms with van der Waals surface area (Å²) in [5.41, 5.74) is 1.65. The minimum absolute atomic E-state index is 0.0233. The third-order valence-corrected chi connectivity index (χ3v) is 7.18. The van der Waals surface area contributed by atoms with Crippen molar-refractivity contribution in [3.05, 3.63) is 63.5 Å². The molecule has 0 bridgehead atoms. The number of thiocarbonyl (C=S) groups is 1. The third kappa shape index (κ3) is 5.77. The smallest absolute Gasteiger partial charge is 0.410 e. The van der Waals surface area contributed by atoms with Crippen LogP contribution in [0.1, 0.15) is 18.1 Å². The second-order valence-corrected chi connectivity index (χ2v) is 9.89. The number of ether oxygens (including phenoxy) is 2. The van der Waals surface area contributed by atoms with Crippen LogP contribution in [-0.4, -0.2) is 62.9 Å². The van der Waals surface area contributed by atoms with Gasteiger partial charge in [-0.15, -0.1) is 0 Å². The largest absolute Gasteiger partial charge is 0.480 e. The van der Waals surface area contributed by atoms with Gasteiger partial charge in [-0.3, -0.25) is 14.5 Å². The summed E-state index contributed by atoms with van der Waals surface area (Å²) < 4.78 is 11.2. The third-order valence-electron chi connectivity index (χ3n) is 5.47. The van der Waals surface area contributed by atoms with Crippen molar-refractivity contribution >= 4 is 63.9 Å². The van der Waals surface area contributed by atoms with E-state index in [1.807, 2.05) is 31.2 Å². The van der Waals surface area contributed by atoms with Crippen LogP contribution in [0.5, 0.6) is 11.5 Å². The molecule has 2 aliphatic rings. The summed E-state index contributed by atoms with van der Waals surface area (Å²) in [7, 11) is 0. The number of carboxylic acid groups (broad SMARTS) is 1. The first-order valence-electron chi connectivity index (χ1n) is 10.7. The maximum absolute atomic E-state index is 12.5. The number of carbonyl (C=O) groups excluding carboxylic acids is 2. The average Bonchev–Trinajstić information content (AvgIpc) is 3.29. The van der Waals surface area contributed by atoms with Gasteiger partial charge in [-0.2, -0.15) is 0 Å². The molecule has 0 aromatic heterocycles. The number of aliphatic carboxylic acids is 1.